The molecule has 7 nitrogen and oxygen atoms in total. The molecule has 2 aromatic heterocycles. The van der Waals surface area contributed by atoms with Crippen LogP contribution in [0.25, 0.3) is 10.9 Å². The van der Waals surface area contributed by atoms with Gasteiger partial charge in [-0.2, -0.15) is 5.26 Å². The predicted molar refractivity (Wildman–Crippen MR) is 145 cm³/mol. The van der Waals surface area contributed by atoms with Gasteiger partial charge in [0.1, 0.15) is 5.41 Å². The van der Waals surface area contributed by atoms with Crippen molar-refractivity contribution in [1.82, 2.24) is 19.8 Å². The van der Waals surface area contributed by atoms with E-state index in [0.717, 1.165) is 90.5 Å². The second-order valence-corrected chi connectivity index (χ2v) is 11.4. The van der Waals surface area contributed by atoms with Crippen LogP contribution in [0.15, 0.2) is 42.7 Å². The van der Waals surface area contributed by atoms with Gasteiger partial charge in [-0.3, -0.25) is 19.7 Å². The van der Waals surface area contributed by atoms with Gasteiger partial charge >= 0.3 is 0 Å². The van der Waals surface area contributed by atoms with E-state index in [0.29, 0.717) is 6.54 Å². The second-order valence-electron chi connectivity index (χ2n) is 11.4. The van der Waals surface area contributed by atoms with Gasteiger partial charge in [0.15, 0.2) is 0 Å². The Bertz CT molecular complexity index is 1420. The summed E-state index contributed by atoms with van der Waals surface area (Å²) in [7, 11) is 0. The predicted octanol–water partition coefficient (Wildman–Crippen LogP) is 4.82. The van der Waals surface area contributed by atoms with Crippen molar-refractivity contribution in [2.75, 3.05) is 13.1 Å². The minimum absolute atomic E-state index is 0.0138. The Kier molecular flexibility index (Phi) is 6.41. The standard InChI is InChI=1S/C31H35N5O2/c1-20-9-13-33-27(16-20)31(19-32)10-14-35(15-11-31)18-22-17-24-28(29-23(22)6-5-12-34-29)21(2)36(30(24)38)25-7-3-4-8-26(25)37/h5-6,9,12-13,16-17,21,25-26,37H,3-4,7-8,10-11,14-15,18H2,1-2H3/t21-,25+,26+/m1/s1. The Balaban J connectivity index is 1.29. The Labute approximate surface area is 224 Å². The van der Waals surface area contributed by atoms with Gasteiger partial charge in [0.2, 0.25) is 0 Å². The molecular formula is C31H35N5O2. The molecule has 1 amide bonds. The zero-order chi connectivity index (χ0) is 26.4. The molecule has 2 aliphatic heterocycles. The highest BCUT2D eigenvalue weighted by Crippen LogP contribution is 2.43. The molecule has 0 bridgehead atoms. The Morgan fingerprint density at radius 2 is 1.92 bits per heavy atom. The van der Waals surface area contributed by atoms with E-state index in [-0.39, 0.29) is 18.0 Å². The number of aliphatic hydroxyl groups is 1. The number of hydrogen-bond acceptors (Lipinski definition) is 6. The molecule has 1 saturated carbocycles. The van der Waals surface area contributed by atoms with E-state index in [2.05, 4.69) is 35.0 Å². The monoisotopic (exact) mass is 509 g/mol. The number of aliphatic hydroxyl groups excluding tert-OH is 1. The zero-order valence-electron chi connectivity index (χ0n) is 22.2. The highest BCUT2D eigenvalue weighted by molar-refractivity contribution is 6.05. The molecule has 0 spiro atoms. The fourth-order valence-electron chi connectivity index (χ4n) is 6.93. The van der Waals surface area contributed by atoms with E-state index in [1.54, 1.807) is 12.4 Å². The molecule has 38 heavy (non-hydrogen) atoms. The third-order valence-electron chi connectivity index (χ3n) is 9.09. The Hall–Kier alpha value is -3.34. The summed E-state index contributed by atoms with van der Waals surface area (Å²) in [6.07, 6.45) is 8.22. The lowest BCUT2D eigenvalue weighted by atomic mass is 9.76. The van der Waals surface area contributed by atoms with Gasteiger partial charge in [-0.15, -0.1) is 0 Å². The number of fused-ring (bicyclic) bond motifs is 3. The number of amides is 1. The molecule has 3 aromatic rings. The number of benzene rings is 1. The molecule has 0 radical (unpaired) electrons. The normalized spacial score (nSPS) is 25.4. The summed E-state index contributed by atoms with van der Waals surface area (Å²) >= 11 is 0. The second kappa shape index (κ2) is 9.76. The van der Waals surface area contributed by atoms with Crippen molar-refractivity contribution in [3.63, 3.8) is 0 Å². The number of rotatable bonds is 4. The maximum Gasteiger partial charge on any atom is 0.255 e. The number of carbonyl (C=O) groups is 1. The van der Waals surface area contributed by atoms with Crippen LogP contribution in [-0.2, 0) is 12.0 Å². The summed E-state index contributed by atoms with van der Waals surface area (Å²) in [6.45, 7) is 6.38. The van der Waals surface area contributed by atoms with Crippen molar-refractivity contribution in [1.29, 1.82) is 5.26 Å². The zero-order valence-corrected chi connectivity index (χ0v) is 22.2. The quantitative estimate of drug-likeness (QED) is 0.542. The molecule has 0 unspecified atom stereocenters. The highest BCUT2D eigenvalue weighted by Gasteiger charge is 2.43. The number of nitriles is 1. The van der Waals surface area contributed by atoms with Crippen molar-refractivity contribution in [2.45, 2.75) is 82.5 Å². The minimum atomic E-state index is -0.559. The van der Waals surface area contributed by atoms with E-state index in [4.69, 9.17) is 4.98 Å². The van der Waals surface area contributed by atoms with Crippen LogP contribution >= 0.6 is 0 Å². The smallest absolute Gasteiger partial charge is 0.255 e. The SMILES string of the molecule is Cc1ccnc(C2(C#N)CCN(Cc3cc4c(c5ncccc35)[C@@H](C)N([C@H]3CCCC[C@@H]3O)C4=O)CC2)c1. The molecule has 1 aromatic carbocycles. The van der Waals surface area contributed by atoms with Gasteiger partial charge in [-0.1, -0.05) is 18.9 Å². The van der Waals surface area contributed by atoms with Gasteiger partial charge in [0, 0.05) is 48.5 Å². The molecule has 3 aliphatic rings. The third-order valence-corrected chi connectivity index (χ3v) is 9.09. The number of nitrogens with zero attached hydrogens (tertiary/aromatic N) is 5. The van der Waals surface area contributed by atoms with Crippen molar-refractivity contribution in [2.24, 2.45) is 0 Å². The van der Waals surface area contributed by atoms with Crippen LogP contribution < -0.4 is 0 Å². The van der Waals surface area contributed by atoms with E-state index in [1.165, 1.54) is 0 Å². The van der Waals surface area contributed by atoms with Gasteiger partial charge < -0.3 is 10.0 Å². The van der Waals surface area contributed by atoms with Crippen LogP contribution in [-0.4, -0.2) is 56.0 Å². The summed E-state index contributed by atoms with van der Waals surface area (Å²) in [5.74, 6) is 0.0138. The molecule has 4 heterocycles. The minimum Gasteiger partial charge on any atom is -0.391 e. The van der Waals surface area contributed by atoms with Crippen LogP contribution in [0.5, 0.6) is 0 Å². The van der Waals surface area contributed by atoms with Gasteiger partial charge in [-0.25, -0.2) is 0 Å². The molecule has 1 aliphatic carbocycles. The maximum absolute atomic E-state index is 13.8. The first-order valence-electron chi connectivity index (χ1n) is 13.9. The van der Waals surface area contributed by atoms with Crippen LogP contribution in [0, 0.1) is 18.3 Å². The molecule has 196 valence electrons. The summed E-state index contributed by atoms with van der Waals surface area (Å²) in [5.41, 5.74) is 5.13. The van der Waals surface area contributed by atoms with Crippen molar-refractivity contribution >= 4 is 16.8 Å². The molecule has 2 fully saturated rings. The number of carbonyl (C=O) groups excluding carboxylic acids is 1. The number of likely N-dealkylation sites (tertiary alicyclic amines) is 1. The van der Waals surface area contributed by atoms with Gasteiger partial charge in [-0.05, 0) is 74.9 Å². The molecule has 1 saturated heterocycles. The van der Waals surface area contributed by atoms with Crippen molar-refractivity contribution in [3.05, 3.63) is 70.7 Å². The van der Waals surface area contributed by atoms with Crippen molar-refractivity contribution in [3.8, 4) is 6.07 Å². The number of pyridine rings is 2. The van der Waals surface area contributed by atoms with Crippen molar-refractivity contribution < 1.29 is 9.90 Å². The van der Waals surface area contributed by atoms with E-state index in [1.807, 2.05) is 30.0 Å². The summed E-state index contributed by atoms with van der Waals surface area (Å²) in [4.78, 5) is 27.4. The fourth-order valence-corrected chi connectivity index (χ4v) is 6.93. The van der Waals surface area contributed by atoms with E-state index in [9.17, 15) is 15.2 Å². The molecule has 1 N–H and O–H groups in total. The van der Waals surface area contributed by atoms with Gasteiger partial charge in [0.05, 0.1) is 35.5 Å². The maximum atomic E-state index is 13.8. The molecule has 7 heteroatoms. The summed E-state index contributed by atoms with van der Waals surface area (Å²) in [5, 5.41) is 22.0. The molecule has 6 rings (SSSR count). The lowest BCUT2D eigenvalue weighted by Crippen LogP contribution is -2.46. The van der Waals surface area contributed by atoms with Gasteiger partial charge in [0.25, 0.3) is 5.91 Å². The fraction of sp³-hybridized carbons (Fsp3) is 0.484. The van der Waals surface area contributed by atoms with Crippen LogP contribution in [0.2, 0.25) is 0 Å². The first-order chi connectivity index (χ1) is 18.4. The molecular weight excluding hydrogens is 474 g/mol. The van der Waals surface area contributed by atoms with Crippen LogP contribution in [0.3, 0.4) is 0 Å². The van der Waals surface area contributed by atoms with E-state index < -0.39 is 11.5 Å². The Morgan fingerprint density at radius 1 is 1.13 bits per heavy atom. The summed E-state index contributed by atoms with van der Waals surface area (Å²) < 4.78 is 0. The third kappa shape index (κ3) is 4.07. The topological polar surface area (TPSA) is 93.3 Å². The first-order valence-corrected chi connectivity index (χ1v) is 13.9. The number of aryl methyl sites for hydroxylation is 1. The number of hydrogen-bond donors (Lipinski definition) is 1. The number of aromatic nitrogens is 2. The average Bonchev–Trinajstić information content (AvgIpc) is 3.19. The van der Waals surface area contributed by atoms with E-state index >= 15 is 0 Å². The highest BCUT2D eigenvalue weighted by atomic mass is 16.3. The first kappa shape index (κ1) is 25.0. The molecule has 3 atom stereocenters. The Morgan fingerprint density at radius 3 is 2.66 bits per heavy atom. The summed E-state index contributed by atoms with van der Waals surface area (Å²) in [6, 6.07) is 12.5. The lowest BCUT2D eigenvalue weighted by Gasteiger charge is -2.37. The number of piperidine rings is 1. The van der Waals surface area contributed by atoms with Crippen LogP contribution in [0.1, 0.15) is 84.2 Å². The lowest BCUT2D eigenvalue weighted by molar-refractivity contribution is 0.00975. The van der Waals surface area contributed by atoms with Crippen LogP contribution in [0.4, 0.5) is 0 Å². The average molecular weight is 510 g/mol. The largest absolute Gasteiger partial charge is 0.391 e.